The lowest BCUT2D eigenvalue weighted by Gasteiger charge is -2.33. The van der Waals surface area contributed by atoms with E-state index in [2.05, 4.69) is 32.6 Å². The zero-order valence-corrected chi connectivity index (χ0v) is 21.9. The van der Waals surface area contributed by atoms with E-state index in [1.165, 1.54) is 0 Å². The first-order valence-electron chi connectivity index (χ1n) is 11.0. The fraction of sp³-hybridized carbons (Fsp3) is 0.591. The first-order chi connectivity index (χ1) is 15.2. The summed E-state index contributed by atoms with van der Waals surface area (Å²) < 4.78 is 10.5. The summed E-state index contributed by atoms with van der Waals surface area (Å²) in [5.74, 6) is 1.96. The number of aromatic nitrogens is 2. The van der Waals surface area contributed by atoms with Crippen LogP contribution in [-0.2, 0) is 11.2 Å². The number of nitrogens with zero attached hydrogens (tertiary/aromatic N) is 4. The molecule has 2 aromatic rings. The largest absolute Gasteiger partial charge is 0.385 e. The van der Waals surface area contributed by atoms with Crippen LogP contribution in [0.2, 0.25) is 5.02 Å². The molecule has 0 spiro atoms. The number of guanidine groups is 1. The van der Waals surface area contributed by atoms with Crippen LogP contribution in [0.1, 0.15) is 32.1 Å². The molecule has 0 atom stereocenters. The van der Waals surface area contributed by atoms with Gasteiger partial charge < -0.3 is 24.8 Å². The molecule has 3 rings (SSSR count). The van der Waals surface area contributed by atoms with Gasteiger partial charge in [0.2, 0.25) is 11.7 Å². The number of rotatable bonds is 10. The van der Waals surface area contributed by atoms with Gasteiger partial charge in [0.15, 0.2) is 5.96 Å². The van der Waals surface area contributed by atoms with E-state index >= 15 is 0 Å². The molecular formula is C22H34ClIN6O2. The minimum Gasteiger partial charge on any atom is -0.385 e. The molecule has 1 aromatic heterocycles. The topological polar surface area (TPSA) is 87.8 Å². The molecule has 0 amide bonds. The van der Waals surface area contributed by atoms with Gasteiger partial charge in [0, 0.05) is 62.9 Å². The van der Waals surface area contributed by atoms with Crippen LogP contribution in [0.15, 0.2) is 33.8 Å². The third-order valence-electron chi connectivity index (χ3n) is 5.24. The molecule has 1 fully saturated rings. The van der Waals surface area contributed by atoms with Gasteiger partial charge in [-0.25, -0.2) is 0 Å². The molecule has 2 heterocycles. The smallest absolute Gasteiger partial charge is 0.228 e. The molecule has 0 radical (unpaired) electrons. The van der Waals surface area contributed by atoms with E-state index in [9.17, 15) is 0 Å². The Bertz CT molecular complexity index is 826. The minimum absolute atomic E-state index is 0. The Morgan fingerprint density at radius 1 is 1.34 bits per heavy atom. The highest BCUT2D eigenvalue weighted by atomic mass is 127. The normalized spacial score (nSPS) is 15.4. The molecule has 32 heavy (non-hydrogen) atoms. The van der Waals surface area contributed by atoms with Crippen molar-refractivity contribution in [2.75, 3.05) is 46.4 Å². The summed E-state index contributed by atoms with van der Waals surface area (Å²) in [4.78, 5) is 11.7. The van der Waals surface area contributed by atoms with Crippen molar-refractivity contribution in [2.24, 2.45) is 4.99 Å². The third-order valence-corrected chi connectivity index (χ3v) is 5.48. The van der Waals surface area contributed by atoms with Crippen LogP contribution >= 0.6 is 35.6 Å². The van der Waals surface area contributed by atoms with E-state index in [-0.39, 0.29) is 24.0 Å². The van der Waals surface area contributed by atoms with Crippen molar-refractivity contribution >= 4 is 41.5 Å². The van der Waals surface area contributed by atoms with Crippen molar-refractivity contribution in [3.05, 3.63) is 35.2 Å². The predicted molar refractivity (Wildman–Crippen MR) is 139 cm³/mol. The molecule has 178 valence electrons. The van der Waals surface area contributed by atoms with E-state index < -0.39 is 0 Å². The number of hydrogen-bond donors (Lipinski definition) is 2. The molecule has 8 nitrogen and oxygen atoms in total. The molecule has 0 saturated carbocycles. The van der Waals surface area contributed by atoms with Crippen LogP contribution in [0.3, 0.4) is 0 Å². The standard InChI is InChI=1S/C22H33ClN6O2.HI/c1-3-24-22(26-19-9-13-29(14-10-19)12-5-15-30-2)25-11-8-20-27-21(28-31-20)17-6-4-7-18(23)16-17;/h4,6-7,16,19H,3,5,8-15H2,1-2H3,(H2,24,25,26);1H. The quantitative estimate of drug-likeness (QED) is 0.193. The van der Waals surface area contributed by atoms with Gasteiger partial charge in [-0.3, -0.25) is 4.99 Å². The number of likely N-dealkylation sites (tertiary alicyclic amines) is 1. The van der Waals surface area contributed by atoms with Gasteiger partial charge in [0.05, 0.1) is 6.54 Å². The first kappa shape index (κ1) is 26.8. The van der Waals surface area contributed by atoms with Crippen LogP contribution in [0, 0.1) is 0 Å². The Labute approximate surface area is 212 Å². The number of hydrogen-bond acceptors (Lipinski definition) is 6. The molecular weight excluding hydrogens is 543 g/mol. The number of benzene rings is 1. The summed E-state index contributed by atoms with van der Waals surface area (Å²) >= 11 is 6.04. The highest BCUT2D eigenvalue weighted by Gasteiger charge is 2.19. The number of aliphatic imine (C=N–C) groups is 1. The second-order valence-corrected chi connectivity index (χ2v) is 8.08. The number of piperidine rings is 1. The Morgan fingerprint density at radius 2 is 2.16 bits per heavy atom. The van der Waals surface area contributed by atoms with Crippen LogP contribution in [0.5, 0.6) is 0 Å². The highest BCUT2D eigenvalue weighted by molar-refractivity contribution is 14.0. The molecule has 0 unspecified atom stereocenters. The third kappa shape index (κ3) is 8.84. The van der Waals surface area contributed by atoms with Crippen molar-refractivity contribution in [2.45, 2.75) is 38.6 Å². The average molecular weight is 577 g/mol. The summed E-state index contributed by atoms with van der Waals surface area (Å²) in [5.41, 5.74) is 0.842. The summed E-state index contributed by atoms with van der Waals surface area (Å²) in [5, 5.41) is 11.6. The Balaban J connectivity index is 0.00000363. The molecule has 0 bridgehead atoms. The molecule has 1 aliphatic heterocycles. The summed E-state index contributed by atoms with van der Waals surface area (Å²) in [6.45, 7) is 7.62. The van der Waals surface area contributed by atoms with Crippen LogP contribution in [-0.4, -0.2) is 73.5 Å². The van der Waals surface area contributed by atoms with Crippen molar-refractivity contribution in [1.29, 1.82) is 0 Å². The van der Waals surface area contributed by atoms with Crippen molar-refractivity contribution in [1.82, 2.24) is 25.7 Å². The number of methoxy groups -OCH3 is 1. The van der Waals surface area contributed by atoms with Crippen LogP contribution in [0.4, 0.5) is 0 Å². The maximum Gasteiger partial charge on any atom is 0.228 e. The van der Waals surface area contributed by atoms with Crippen molar-refractivity contribution < 1.29 is 9.26 Å². The summed E-state index contributed by atoms with van der Waals surface area (Å²) in [6.07, 6.45) is 3.91. The molecule has 2 N–H and O–H groups in total. The second-order valence-electron chi connectivity index (χ2n) is 7.64. The lowest BCUT2D eigenvalue weighted by molar-refractivity contribution is 0.155. The maximum atomic E-state index is 6.04. The number of ether oxygens (including phenoxy) is 1. The summed E-state index contributed by atoms with van der Waals surface area (Å²) in [6, 6.07) is 7.87. The number of halogens is 2. The van der Waals surface area contributed by atoms with Gasteiger partial charge in [-0.05, 0) is 38.3 Å². The van der Waals surface area contributed by atoms with Gasteiger partial charge in [-0.1, -0.05) is 28.9 Å². The number of nitrogens with one attached hydrogen (secondary N) is 2. The average Bonchev–Trinajstić information content (AvgIpc) is 3.24. The monoisotopic (exact) mass is 576 g/mol. The van der Waals surface area contributed by atoms with Crippen LogP contribution in [0.25, 0.3) is 11.4 Å². The zero-order valence-electron chi connectivity index (χ0n) is 18.8. The lowest BCUT2D eigenvalue weighted by atomic mass is 10.1. The molecule has 1 aromatic carbocycles. The maximum absolute atomic E-state index is 6.04. The lowest BCUT2D eigenvalue weighted by Crippen LogP contribution is -2.49. The zero-order chi connectivity index (χ0) is 21.9. The molecule has 10 heteroatoms. The van der Waals surface area contributed by atoms with E-state index in [0.29, 0.717) is 35.7 Å². The van der Waals surface area contributed by atoms with E-state index in [1.807, 2.05) is 24.3 Å². The van der Waals surface area contributed by atoms with Gasteiger partial charge in [0.1, 0.15) is 0 Å². The van der Waals surface area contributed by atoms with Gasteiger partial charge in [-0.15, -0.1) is 24.0 Å². The van der Waals surface area contributed by atoms with E-state index in [0.717, 1.165) is 63.6 Å². The Hall–Kier alpha value is -1.43. The summed E-state index contributed by atoms with van der Waals surface area (Å²) in [7, 11) is 1.76. The predicted octanol–water partition coefficient (Wildman–Crippen LogP) is 3.61. The molecule has 1 saturated heterocycles. The molecule has 0 aliphatic carbocycles. The Kier molecular flexibility index (Phi) is 12.3. The van der Waals surface area contributed by atoms with Crippen molar-refractivity contribution in [3.8, 4) is 11.4 Å². The SMILES string of the molecule is CCNC(=NCCc1nc(-c2cccc(Cl)c2)no1)NC1CCN(CCCOC)CC1.I. The Morgan fingerprint density at radius 3 is 2.88 bits per heavy atom. The van der Waals surface area contributed by atoms with Crippen molar-refractivity contribution in [3.63, 3.8) is 0 Å². The minimum atomic E-state index is 0. The first-order valence-corrected chi connectivity index (χ1v) is 11.4. The van der Waals surface area contributed by atoms with Gasteiger partial charge >= 0.3 is 0 Å². The van der Waals surface area contributed by atoms with Crippen LogP contribution < -0.4 is 10.6 Å². The highest BCUT2D eigenvalue weighted by Crippen LogP contribution is 2.20. The van der Waals surface area contributed by atoms with E-state index in [4.69, 9.17) is 25.9 Å². The fourth-order valence-corrected chi connectivity index (χ4v) is 3.80. The molecule has 1 aliphatic rings. The fourth-order valence-electron chi connectivity index (χ4n) is 3.61. The van der Waals surface area contributed by atoms with Gasteiger partial charge in [0.25, 0.3) is 0 Å². The van der Waals surface area contributed by atoms with Gasteiger partial charge in [-0.2, -0.15) is 4.98 Å². The van der Waals surface area contributed by atoms with E-state index in [1.54, 1.807) is 7.11 Å². The second kappa shape index (κ2) is 14.7.